The van der Waals surface area contributed by atoms with Gasteiger partial charge >= 0.3 is 0 Å². The van der Waals surface area contributed by atoms with Gasteiger partial charge in [0.05, 0.1) is 17.6 Å². The summed E-state index contributed by atoms with van der Waals surface area (Å²) in [4.78, 5) is 19.7. The Hall–Kier alpha value is -2.82. The number of carbonyl (C=O) groups is 1. The number of imidazole rings is 1. The van der Waals surface area contributed by atoms with Crippen molar-refractivity contribution < 1.29 is 4.79 Å². The summed E-state index contributed by atoms with van der Waals surface area (Å²) in [5, 5.41) is 1.24. The van der Waals surface area contributed by atoms with E-state index in [1.165, 1.54) is 0 Å². The zero-order chi connectivity index (χ0) is 21.5. The zero-order valence-electron chi connectivity index (χ0n) is 17.1. The average Bonchev–Trinajstić information content (AvgIpc) is 3.31. The number of fused-ring (bicyclic) bond motifs is 1. The zero-order valence-corrected chi connectivity index (χ0v) is 18.6. The van der Waals surface area contributed by atoms with Crippen molar-refractivity contribution in [3.63, 3.8) is 0 Å². The van der Waals surface area contributed by atoms with E-state index in [4.69, 9.17) is 28.2 Å². The number of rotatable bonds is 4. The van der Waals surface area contributed by atoms with Crippen LogP contribution in [0.25, 0.3) is 11.0 Å². The van der Waals surface area contributed by atoms with Crippen LogP contribution in [-0.2, 0) is 11.3 Å². The molecule has 31 heavy (non-hydrogen) atoms. The summed E-state index contributed by atoms with van der Waals surface area (Å²) in [5.41, 5.74) is 5.00. The number of hydrogen-bond acceptors (Lipinski definition) is 2. The SMILES string of the molecule is Cc1cccc(N2C[C@@H](c3nc4ccccc4n3Cc3ccc(Cl)cc3Cl)CC2=O)c1. The fourth-order valence-electron chi connectivity index (χ4n) is 4.32. The van der Waals surface area contributed by atoms with Crippen molar-refractivity contribution in [1.29, 1.82) is 0 Å². The molecule has 1 atom stereocenters. The van der Waals surface area contributed by atoms with Crippen LogP contribution in [0.1, 0.15) is 29.3 Å². The van der Waals surface area contributed by atoms with Crippen molar-refractivity contribution in [2.45, 2.75) is 25.8 Å². The number of amides is 1. The van der Waals surface area contributed by atoms with Crippen LogP contribution in [0.4, 0.5) is 5.69 Å². The number of para-hydroxylation sites is 2. The van der Waals surface area contributed by atoms with Gasteiger partial charge in [-0.3, -0.25) is 4.79 Å². The largest absolute Gasteiger partial charge is 0.323 e. The lowest BCUT2D eigenvalue weighted by molar-refractivity contribution is -0.117. The molecule has 0 aliphatic carbocycles. The maximum absolute atomic E-state index is 12.9. The first-order chi connectivity index (χ1) is 15.0. The van der Waals surface area contributed by atoms with Gasteiger partial charge in [0.1, 0.15) is 5.82 Å². The van der Waals surface area contributed by atoms with E-state index >= 15 is 0 Å². The van der Waals surface area contributed by atoms with Crippen molar-refractivity contribution in [1.82, 2.24) is 9.55 Å². The highest BCUT2D eigenvalue weighted by Crippen LogP contribution is 2.34. The van der Waals surface area contributed by atoms with Gasteiger partial charge in [0, 0.05) is 34.6 Å². The number of halogens is 2. The lowest BCUT2D eigenvalue weighted by Gasteiger charge is -2.18. The molecule has 0 saturated carbocycles. The highest BCUT2D eigenvalue weighted by Gasteiger charge is 2.35. The van der Waals surface area contributed by atoms with E-state index in [1.807, 2.05) is 60.4 Å². The van der Waals surface area contributed by atoms with Gasteiger partial charge in [-0.15, -0.1) is 0 Å². The number of aromatic nitrogens is 2. The molecule has 0 N–H and O–H groups in total. The Morgan fingerprint density at radius 2 is 1.87 bits per heavy atom. The smallest absolute Gasteiger partial charge is 0.227 e. The van der Waals surface area contributed by atoms with E-state index in [9.17, 15) is 4.79 Å². The lowest BCUT2D eigenvalue weighted by atomic mass is 10.1. The number of hydrogen-bond donors (Lipinski definition) is 0. The Labute approximate surface area is 191 Å². The fourth-order valence-corrected chi connectivity index (χ4v) is 4.79. The molecule has 0 bridgehead atoms. The molecule has 1 aromatic heterocycles. The molecule has 1 saturated heterocycles. The van der Waals surface area contributed by atoms with Gasteiger partial charge in [0.2, 0.25) is 5.91 Å². The minimum atomic E-state index is 0.00601. The number of nitrogens with zero attached hydrogens (tertiary/aromatic N) is 3. The Morgan fingerprint density at radius 1 is 1.03 bits per heavy atom. The molecule has 0 radical (unpaired) electrons. The van der Waals surface area contributed by atoms with Crippen molar-refractivity contribution in [3.05, 3.63) is 93.7 Å². The number of carbonyl (C=O) groups excluding carboxylic acids is 1. The molecule has 3 aromatic carbocycles. The van der Waals surface area contributed by atoms with E-state index < -0.39 is 0 Å². The van der Waals surface area contributed by atoms with Crippen LogP contribution in [0.2, 0.25) is 10.0 Å². The third-order valence-electron chi connectivity index (χ3n) is 5.83. The second-order valence-electron chi connectivity index (χ2n) is 8.02. The average molecular weight is 450 g/mol. The first kappa shape index (κ1) is 20.1. The third-order valence-corrected chi connectivity index (χ3v) is 6.42. The first-order valence-electron chi connectivity index (χ1n) is 10.3. The predicted octanol–water partition coefficient (Wildman–Crippen LogP) is 6.22. The second kappa shape index (κ2) is 8.03. The van der Waals surface area contributed by atoms with Crippen LogP contribution in [0.15, 0.2) is 66.7 Å². The van der Waals surface area contributed by atoms with Gasteiger partial charge in [-0.25, -0.2) is 4.98 Å². The molecule has 0 unspecified atom stereocenters. The van der Waals surface area contributed by atoms with Crippen molar-refractivity contribution in [3.8, 4) is 0 Å². The summed E-state index contributed by atoms with van der Waals surface area (Å²) in [6.07, 6.45) is 0.436. The fraction of sp³-hybridized carbons (Fsp3) is 0.200. The maximum atomic E-state index is 12.9. The maximum Gasteiger partial charge on any atom is 0.227 e. The molecule has 0 spiro atoms. The molecule has 4 aromatic rings. The molecule has 6 heteroatoms. The van der Waals surface area contributed by atoms with E-state index in [-0.39, 0.29) is 11.8 Å². The number of benzene rings is 3. The van der Waals surface area contributed by atoms with Gasteiger partial charge in [-0.2, -0.15) is 0 Å². The quantitative estimate of drug-likeness (QED) is 0.370. The first-order valence-corrected chi connectivity index (χ1v) is 11.0. The van der Waals surface area contributed by atoms with Crippen LogP contribution in [0, 0.1) is 6.92 Å². The Kier molecular flexibility index (Phi) is 5.20. The number of aryl methyl sites for hydroxylation is 1. The van der Waals surface area contributed by atoms with E-state index in [2.05, 4.69) is 16.7 Å². The van der Waals surface area contributed by atoms with E-state index in [1.54, 1.807) is 6.07 Å². The Balaban J connectivity index is 1.54. The highest BCUT2D eigenvalue weighted by molar-refractivity contribution is 6.35. The summed E-state index contributed by atoms with van der Waals surface area (Å²) in [5.74, 6) is 1.04. The van der Waals surface area contributed by atoms with Crippen molar-refractivity contribution >= 4 is 45.8 Å². The Bertz CT molecular complexity index is 1300. The van der Waals surface area contributed by atoms with Crippen LogP contribution in [-0.4, -0.2) is 22.0 Å². The second-order valence-corrected chi connectivity index (χ2v) is 8.87. The minimum Gasteiger partial charge on any atom is -0.323 e. The molecule has 156 valence electrons. The predicted molar refractivity (Wildman–Crippen MR) is 126 cm³/mol. The topological polar surface area (TPSA) is 38.1 Å². The van der Waals surface area contributed by atoms with Crippen molar-refractivity contribution in [2.24, 2.45) is 0 Å². The van der Waals surface area contributed by atoms with Gasteiger partial charge < -0.3 is 9.47 Å². The van der Waals surface area contributed by atoms with Gasteiger partial charge in [0.15, 0.2) is 0 Å². The molecule has 5 rings (SSSR count). The molecule has 4 nitrogen and oxygen atoms in total. The number of anilines is 1. The molecular weight excluding hydrogens is 429 g/mol. The normalized spacial score (nSPS) is 16.4. The van der Waals surface area contributed by atoms with Gasteiger partial charge in [-0.1, -0.05) is 53.5 Å². The van der Waals surface area contributed by atoms with E-state index in [0.29, 0.717) is 29.6 Å². The molecular formula is C25H21Cl2N3O. The van der Waals surface area contributed by atoms with Crippen LogP contribution in [0.5, 0.6) is 0 Å². The summed E-state index contributed by atoms with van der Waals surface area (Å²) < 4.78 is 2.18. The monoisotopic (exact) mass is 449 g/mol. The highest BCUT2D eigenvalue weighted by atomic mass is 35.5. The molecule has 1 amide bonds. The lowest BCUT2D eigenvalue weighted by Crippen LogP contribution is -2.24. The van der Waals surface area contributed by atoms with Gasteiger partial charge in [0.25, 0.3) is 0 Å². The van der Waals surface area contributed by atoms with Crippen molar-refractivity contribution in [2.75, 3.05) is 11.4 Å². The standard InChI is InChI=1S/C25H21Cl2N3O/c1-16-5-4-6-20(11-16)29-15-18(12-24(29)31)25-28-22-7-2-3-8-23(22)30(25)14-17-9-10-19(26)13-21(17)27/h2-11,13,18H,12,14-15H2,1H3/t18-/m0/s1. The summed E-state index contributed by atoms with van der Waals surface area (Å²) in [7, 11) is 0. The summed E-state index contributed by atoms with van der Waals surface area (Å²) in [6.45, 7) is 3.22. The Morgan fingerprint density at radius 3 is 2.68 bits per heavy atom. The van der Waals surface area contributed by atoms with Crippen LogP contribution < -0.4 is 4.90 Å². The third kappa shape index (κ3) is 3.82. The van der Waals surface area contributed by atoms with Gasteiger partial charge in [-0.05, 0) is 54.4 Å². The summed E-state index contributed by atoms with van der Waals surface area (Å²) in [6, 6.07) is 21.7. The molecule has 1 aliphatic rings. The molecule has 1 aliphatic heterocycles. The van der Waals surface area contributed by atoms with E-state index in [0.717, 1.165) is 33.7 Å². The van der Waals surface area contributed by atoms with Crippen LogP contribution >= 0.6 is 23.2 Å². The summed E-state index contributed by atoms with van der Waals surface area (Å²) >= 11 is 12.6. The molecule has 2 heterocycles. The van der Waals surface area contributed by atoms with Crippen LogP contribution in [0.3, 0.4) is 0 Å². The molecule has 1 fully saturated rings. The minimum absolute atomic E-state index is 0.00601.